The van der Waals surface area contributed by atoms with Crippen LogP contribution < -0.4 is 5.32 Å². The summed E-state index contributed by atoms with van der Waals surface area (Å²) in [6, 6.07) is -0.354. The van der Waals surface area contributed by atoms with Crippen molar-refractivity contribution in [1.82, 2.24) is 15.5 Å². The van der Waals surface area contributed by atoms with E-state index >= 15 is 0 Å². The summed E-state index contributed by atoms with van der Waals surface area (Å²) in [5.74, 6) is -0.262. The van der Waals surface area contributed by atoms with Crippen LogP contribution in [0.25, 0.3) is 0 Å². The van der Waals surface area contributed by atoms with Gasteiger partial charge in [0.15, 0.2) is 0 Å². The molecule has 86 valence electrons. The monoisotopic (exact) mass is 253 g/mol. The third-order valence-corrected chi connectivity index (χ3v) is 2.22. The van der Waals surface area contributed by atoms with Crippen LogP contribution in [0.3, 0.4) is 0 Å². The molecule has 15 heavy (non-hydrogen) atoms. The van der Waals surface area contributed by atoms with Crippen LogP contribution in [0.4, 0.5) is 0 Å². The standard InChI is InChI=1S/C8H11N3O2.2ClH/c1-13-8(12)7-5-4-10-11-6(5)2-3-9-7;;/h4,7,9H,2-3H2,1H3,(H,10,11);2*1H. The fourth-order valence-electron chi connectivity index (χ4n) is 1.55. The van der Waals surface area contributed by atoms with Gasteiger partial charge in [0.2, 0.25) is 0 Å². The summed E-state index contributed by atoms with van der Waals surface area (Å²) in [5.41, 5.74) is 1.92. The molecule has 1 unspecified atom stereocenters. The molecule has 0 amide bonds. The summed E-state index contributed by atoms with van der Waals surface area (Å²) in [6.07, 6.45) is 2.55. The van der Waals surface area contributed by atoms with E-state index in [-0.39, 0.29) is 36.8 Å². The van der Waals surface area contributed by atoms with E-state index in [0.717, 1.165) is 24.2 Å². The Labute approximate surface area is 99.8 Å². The average molecular weight is 254 g/mol. The smallest absolute Gasteiger partial charge is 0.327 e. The van der Waals surface area contributed by atoms with Crippen molar-refractivity contribution in [2.75, 3.05) is 13.7 Å². The maximum Gasteiger partial charge on any atom is 0.327 e. The van der Waals surface area contributed by atoms with Gasteiger partial charge in [0.05, 0.1) is 13.3 Å². The molecule has 1 aromatic rings. The van der Waals surface area contributed by atoms with Crippen LogP contribution in [0.15, 0.2) is 6.20 Å². The van der Waals surface area contributed by atoms with Gasteiger partial charge in [0, 0.05) is 24.2 Å². The lowest BCUT2D eigenvalue weighted by molar-refractivity contribution is -0.143. The molecule has 1 atom stereocenters. The first-order chi connectivity index (χ1) is 6.33. The van der Waals surface area contributed by atoms with E-state index in [1.54, 1.807) is 6.20 Å². The van der Waals surface area contributed by atoms with Crippen LogP contribution in [0.2, 0.25) is 0 Å². The van der Waals surface area contributed by atoms with Crippen molar-refractivity contribution in [1.29, 1.82) is 0 Å². The average Bonchev–Trinajstić information content (AvgIpc) is 2.63. The van der Waals surface area contributed by atoms with Gasteiger partial charge in [-0.15, -0.1) is 24.8 Å². The summed E-state index contributed by atoms with van der Waals surface area (Å²) in [4.78, 5) is 11.3. The minimum Gasteiger partial charge on any atom is -0.468 e. The predicted octanol–water partition coefficient (Wildman–Crippen LogP) is 0.613. The lowest BCUT2D eigenvalue weighted by Crippen LogP contribution is -2.35. The largest absolute Gasteiger partial charge is 0.468 e. The molecule has 0 fully saturated rings. The summed E-state index contributed by atoms with van der Waals surface area (Å²) < 4.78 is 4.67. The first-order valence-corrected chi connectivity index (χ1v) is 4.16. The van der Waals surface area contributed by atoms with Gasteiger partial charge in [-0.2, -0.15) is 5.10 Å². The van der Waals surface area contributed by atoms with Gasteiger partial charge in [0.25, 0.3) is 0 Å². The van der Waals surface area contributed by atoms with Gasteiger partial charge in [0.1, 0.15) is 6.04 Å². The summed E-state index contributed by atoms with van der Waals surface area (Å²) in [7, 11) is 1.39. The number of halogens is 2. The fraction of sp³-hybridized carbons (Fsp3) is 0.500. The van der Waals surface area contributed by atoms with Crippen LogP contribution in [0.1, 0.15) is 17.3 Å². The number of ether oxygens (including phenoxy) is 1. The quantitative estimate of drug-likeness (QED) is 0.721. The van der Waals surface area contributed by atoms with Crippen LogP contribution in [-0.2, 0) is 16.0 Å². The highest BCUT2D eigenvalue weighted by molar-refractivity contribution is 5.85. The van der Waals surface area contributed by atoms with Crippen LogP contribution in [0, 0.1) is 0 Å². The number of H-pyrrole nitrogens is 1. The van der Waals surface area contributed by atoms with E-state index in [1.165, 1.54) is 7.11 Å². The number of nitrogens with zero attached hydrogens (tertiary/aromatic N) is 1. The minimum absolute atomic E-state index is 0. The van der Waals surface area contributed by atoms with Crippen molar-refractivity contribution in [3.05, 3.63) is 17.5 Å². The van der Waals surface area contributed by atoms with E-state index < -0.39 is 0 Å². The van der Waals surface area contributed by atoms with Crippen molar-refractivity contribution in [2.45, 2.75) is 12.5 Å². The summed E-state index contributed by atoms with van der Waals surface area (Å²) >= 11 is 0. The SMILES string of the molecule is COC(=O)C1NCCc2[nH]ncc21.Cl.Cl. The number of carbonyl (C=O) groups is 1. The first-order valence-electron chi connectivity index (χ1n) is 4.16. The van der Waals surface area contributed by atoms with Crippen LogP contribution >= 0.6 is 24.8 Å². The van der Waals surface area contributed by atoms with E-state index in [1.807, 2.05) is 0 Å². The van der Waals surface area contributed by atoms with E-state index in [9.17, 15) is 4.79 Å². The second-order valence-corrected chi connectivity index (χ2v) is 2.96. The second kappa shape index (κ2) is 5.95. The number of aromatic amines is 1. The molecule has 0 spiro atoms. The highest BCUT2D eigenvalue weighted by Crippen LogP contribution is 2.21. The summed E-state index contributed by atoms with van der Waals surface area (Å²) in [6.45, 7) is 0.773. The molecule has 0 saturated carbocycles. The Hall–Kier alpha value is -0.780. The third-order valence-electron chi connectivity index (χ3n) is 2.22. The number of rotatable bonds is 1. The molecular formula is C8H13Cl2N3O2. The highest BCUT2D eigenvalue weighted by atomic mass is 35.5. The maximum atomic E-state index is 11.3. The van der Waals surface area contributed by atoms with Crippen LogP contribution in [-0.4, -0.2) is 29.8 Å². The molecule has 2 heterocycles. The molecule has 1 aliphatic heterocycles. The number of aromatic nitrogens is 2. The number of fused-ring (bicyclic) bond motifs is 1. The molecule has 0 aliphatic carbocycles. The molecule has 0 aromatic carbocycles. The summed E-state index contributed by atoms with van der Waals surface area (Å²) in [5, 5.41) is 9.84. The van der Waals surface area contributed by atoms with Gasteiger partial charge in [-0.05, 0) is 0 Å². The number of nitrogens with one attached hydrogen (secondary N) is 2. The number of hydrogen-bond acceptors (Lipinski definition) is 4. The topological polar surface area (TPSA) is 67.0 Å². The fourth-order valence-corrected chi connectivity index (χ4v) is 1.55. The zero-order chi connectivity index (χ0) is 9.26. The van der Waals surface area contributed by atoms with E-state index in [2.05, 4.69) is 20.3 Å². The van der Waals surface area contributed by atoms with Crippen molar-refractivity contribution >= 4 is 30.8 Å². The Bertz CT molecular complexity index is 329. The lowest BCUT2D eigenvalue weighted by Gasteiger charge is -2.20. The third kappa shape index (κ3) is 2.62. The molecule has 2 N–H and O–H groups in total. The molecular weight excluding hydrogens is 241 g/mol. The van der Waals surface area contributed by atoms with Gasteiger partial charge in [-0.1, -0.05) is 0 Å². The number of methoxy groups -OCH3 is 1. The normalized spacial score (nSPS) is 18.1. The molecule has 7 heteroatoms. The van der Waals surface area contributed by atoms with Crippen molar-refractivity contribution in [3.63, 3.8) is 0 Å². The molecule has 1 aromatic heterocycles. The Morgan fingerprint density at radius 1 is 1.60 bits per heavy atom. The van der Waals surface area contributed by atoms with Gasteiger partial charge in [-0.25, -0.2) is 4.79 Å². The number of esters is 1. The van der Waals surface area contributed by atoms with Gasteiger partial charge >= 0.3 is 5.97 Å². The van der Waals surface area contributed by atoms with Crippen LogP contribution in [0.5, 0.6) is 0 Å². The predicted molar refractivity (Wildman–Crippen MR) is 59.5 cm³/mol. The highest BCUT2D eigenvalue weighted by Gasteiger charge is 2.27. The molecule has 0 bridgehead atoms. The first kappa shape index (κ1) is 14.2. The maximum absolute atomic E-state index is 11.3. The molecule has 1 aliphatic rings. The molecule has 0 radical (unpaired) electrons. The number of carbonyl (C=O) groups excluding carboxylic acids is 1. The van der Waals surface area contributed by atoms with Crippen molar-refractivity contribution in [3.8, 4) is 0 Å². The minimum atomic E-state index is -0.354. The zero-order valence-electron chi connectivity index (χ0n) is 8.15. The Morgan fingerprint density at radius 3 is 3.00 bits per heavy atom. The molecule has 0 saturated heterocycles. The second-order valence-electron chi connectivity index (χ2n) is 2.96. The van der Waals surface area contributed by atoms with Crippen molar-refractivity contribution in [2.24, 2.45) is 0 Å². The van der Waals surface area contributed by atoms with E-state index in [0.29, 0.717) is 0 Å². The zero-order valence-corrected chi connectivity index (χ0v) is 9.78. The van der Waals surface area contributed by atoms with Gasteiger partial charge in [-0.3, -0.25) is 5.10 Å². The Morgan fingerprint density at radius 2 is 2.33 bits per heavy atom. The lowest BCUT2D eigenvalue weighted by atomic mass is 10.0. The molecule has 5 nitrogen and oxygen atoms in total. The molecule has 2 rings (SSSR count). The van der Waals surface area contributed by atoms with Gasteiger partial charge < -0.3 is 10.1 Å². The van der Waals surface area contributed by atoms with E-state index in [4.69, 9.17) is 0 Å². The number of hydrogen-bond donors (Lipinski definition) is 2. The van der Waals surface area contributed by atoms with Crippen molar-refractivity contribution < 1.29 is 9.53 Å². The Balaban J connectivity index is 0.000000980. The Kier molecular flexibility index (Phi) is 5.64.